The third-order valence-electron chi connectivity index (χ3n) is 12.5. The van der Waals surface area contributed by atoms with Crippen LogP contribution in [0, 0.1) is 0 Å². The second-order valence-corrected chi connectivity index (χ2v) is 19.4. The zero-order valence-electron chi connectivity index (χ0n) is 37.1. The average Bonchev–Trinajstić information content (AvgIpc) is 3.51. The van der Waals surface area contributed by atoms with Crippen molar-refractivity contribution in [1.29, 1.82) is 0 Å². The molecule has 0 spiro atoms. The summed E-state index contributed by atoms with van der Waals surface area (Å²) in [7, 11) is 0. The third-order valence-corrected chi connectivity index (χ3v) is 13.5. The molecule has 0 heterocycles. The Morgan fingerprint density at radius 3 is 0.740 bits per heavy atom. The molecule has 2 aromatic carbocycles. The van der Waals surface area contributed by atoms with Crippen LogP contribution >= 0.6 is 31.9 Å². The summed E-state index contributed by atoms with van der Waals surface area (Å²) in [4.78, 5) is 0. The molecule has 1 aliphatic carbocycles. The van der Waals surface area contributed by atoms with Gasteiger partial charge in [0.1, 0.15) is 0 Å². The zero-order valence-corrected chi connectivity index (χ0v) is 40.2. The van der Waals surface area contributed by atoms with Gasteiger partial charge in [-0.05, 0) is 72.2 Å². The number of benzene rings is 2. The summed E-state index contributed by atoms with van der Waals surface area (Å²) >= 11 is 6.37. The zero-order chi connectivity index (χ0) is 60.7. The molecule has 3 rings (SSSR count). The number of halogens is 36. The maximum absolute atomic E-state index is 14.6. The molecule has 0 N–H and O–H groups in total. The first-order valence-electron chi connectivity index (χ1n) is 20.9. The molecule has 0 aromatic heterocycles. The van der Waals surface area contributed by atoms with Crippen molar-refractivity contribution in [3.63, 3.8) is 0 Å². The van der Waals surface area contributed by atoms with Gasteiger partial charge in [0.05, 0.1) is 0 Å². The van der Waals surface area contributed by atoms with E-state index in [1.807, 2.05) is 0 Å². The van der Waals surface area contributed by atoms with Crippen LogP contribution in [-0.4, -0.2) is 95.3 Å². The fourth-order valence-electron chi connectivity index (χ4n) is 8.06. The minimum Gasteiger partial charge on any atom is -0.200 e. The van der Waals surface area contributed by atoms with Crippen LogP contribution in [0.15, 0.2) is 45.3 Å². The minimum atomic E-state index is -8.82. The lowest BCUT2D eigenvalue weighted by molar-refractivity contribution is -0.461. The first-order chi connectivity index (χ1) is 33.9. The monoisotopic (exact) mass is 1330 g/mol. The molecule has 446 valence electrons. The third kappa shape index (κ3) is 10.5. The summed E-state index contributed by atoms with van der Waals surface area (Å²) in [5.74, 6) is -115. The maximum Gasteiger partial charge on any atom is 0.460 e. The lowest BCUT2D eigenvalue weighted by Crippen LogP contribution is -2.74. The van der Waals surface area contributed by atoms with Gasteiger partial charge in [-0.1, -0.05) is 82.5 Å². The number of unbranched alkanes of at least 4 members (excludes halogenated alkanes) is 6. The van der Waals surface area contributed by atoms with Gasteiger partial charge in [-0.2, -0.15) is 149 Å². The predicted molar refractivity (Wildman–Crippen MR) is 205 cm³/mol. The quantitative estimate of drug-likeness (QED) is 0.0651. The molecule has 0 amide bonds. The molecule has 0 unspecified atom stereocenters. The van der Waals surface area contributed by atoms with Gasteiger partial charge in [-0.3, -0.25) is 0 Å². The fraction of sp³-hybridized carbons (Fsp3) is 0.707. The first kappa shape index (κ1) is 68.3. The number of hydrogen-bond acceptors (Lipinski definition) is 0. The average molecular weight is 1330 g/mol. The number of fused-ring (bicyclic) bond motifs is 3. The van der Waals surface area contributed by atoms with E-state index in [0.29, 0.717) is 31.2 Å². The largest absolute Gasteiger partial charge is 0.460 e. The predicted octanol–water partition coefficient (Wildman–Crippen LogP) is 20.2. The highest BCUT2D eigenvalue weighted by molar-refractivity contribution is 9.10. The molecular weight excluding hydrogens is 1300 g/mol. The van der Waals surface area contributed by atoms with Crippen LogP contribution in [0.2, 0.25) is 0 Å². The summed E-state index contributed by atoms with van der Waals surface area (Å²) in [6, 6.07) is 8.92. The lowest BCUT2D eigenvalue weighted by atomic mass is 9.70. The summed E-state index contributed by atoms with van der Waals surface area (Å²) < 4.78 is 467. The lowest BCUT2D eigenvalue weighted by Gasteiger charge is -2.42. The smallest absolute Gasteiger partial charge is 0.200 e. The van der Waals surface area contributed by atoms with E-state index in [0.717, 1.165) is 0 Å². The van der Waals surface area contributed by atoms with E-state index in [4.69, 9.17) is 0 Å². The van der Waals surface area contributed by atoms with Crippen LogP contribution in [-0.2, 0) is 5.41 Å². The van der Waals surface area contributed by atoms with Crippen molar-refractivity contribution in [3.05, 3.63) is 56.5 Å². The van der Waals surface area contributed by atoms with Gasteiger partial charge in [0, 0.05) is 27.2 Å². The molecule has 36 heteroatoms. The fourth-order valence-corrected chi connectivity index (χ4v) is 8.79. The molecule has 0 bridgehead atoms. The summed E-state index contributed by atoms with van der Waals surface area (Å²) in [6.07, 6.45) is -28.0. The van der Waals surface area contributed by atoms with E-state index in [1.54, 1.807) is 0 Å². The van der Waals surface area contributed by atoms with Gasteiger partial charge in [0.25, 0.3) is 0 Å². The maximum atomic E-state index is 14.6. The summed E-state index contributed by atoms with van der Waals surface area (Å²) in [5, 5.41) is 0. The number of alkyl halides is 34. The molecule has 0 saturated carbocycles. The highest BCUT2D eigenvalue weighted by atomic mass is 79.9. The Morgan fingerprint density at radius 2 is 0.494 bits per heavy atom. The Morgan fingerprint density at radius 1 is 0.273 bits per heavy atom. The van der Waals surface area contributed by atoms with E-state index < -0.39 is 152 Å². The number of rotatable bonds is 26. The number of hydrogen-bond donors (Lipinski definition) is 0. The normalized spacial score (nSPS) is 16.5. The molecule has 77 heavy (non-hydrogen) atoms. The van der Waals surface area contributed by atoms with Crippen molar-refractivity contribution in [3.8, 4) is 11.1 Å². The van der Waals surface area contributed by atoms with E-state index in [1.165, 1.54) is 36.4 Å². The van der Waals surface area contributed by atoms with Crippen molar-refractivity contribution in [1.82, 2.24) is 0 Å². The van der Waals surface area contributed by atoms with E-state index >= 15 is 0 Å². The van der Waals surface area contributed by atoms with Gasteiger partial charge in [0.2, 0.25) is 0 Å². The van der Waals surface area contributed by atoms with Crippen LogP contribution in [0.25, 0.3) is 11.1 Å². The van der Waals surface area contributed by atoms with Crippen molar-refractivity contribution >= 4 is 31.9 Å². The Kier molecular flexibility index (Phi) is 18.4. The van der Waals surface area contributed by atoms with Crippen molar-refractivity contribution in [2.45, 2.75) is 178 Å². The van der Waals surface area contributed by atoms with Crippen LogP contribution in [0.4, 0.5) is 149 Å². The van der Waals surface area contributed by atoms with Crippen LogP contribution in [0.3, 0.4) is 0 Å². The standard InChI is InChI=1S/C41H30Br2F34/c42-19-9-11-21-22-12-10-20(43)18-24(22)25(23(21)17-19,13-5-1-3-7-15-26(44,45)28(48,49)30(52,53)32(56,57)34(60,61)36(64,65)38(68,69)40(72,73)74)14-6-2-4-8-16-27(46,47)29(50,51)31(54,55)33(58,59)35(62,63)37(66,67)39(70,71)41(75,76)77/h9-12,17-18H,1-8,13-16H2. The van der Waals surface area contributed by atoms with Crippen molar-refractivity contribution < 1.29 is 149 Å². The topological polar surface area (TPSA) is 0 Å². The molecule has 0 fully saturated rings. The first-order valence-corrected chi connectivity index (χ1v) is 22.5. The van der Waals surface area contributed by atoms with Gasteiger partial charge < -0.3 is 0 Å². The second kappa shape index (κ2) is 20.8. The van der Waals surface area contributed by atoms with Gasteiger partial charge in [0.15, 0.2) is 0 Å². The van der Waals surface area contributed by atoms with Crippen molar-refractivity contribution in [2.75, 3.05) is 0 Å². The minimum absolute atomic E-state index is 0.241. The van der Waals surface area contributed by atoms with Crippen LogP contribution in [0.1, 0.15) is 88.2 Å². The molecule has 0 nitrogen and oxygen atoms in total. The molecule has 0 radical (unpaired) electrons. The Balaban J connectivity index is 1.82. The molecule has 2 aromatic rings. The highest BCUT2D eigenvalue weighted by Crippen LogP contribution is 2.67. The second-order valence-electron chi connectivity index (χ2n) is 17.6. The Bertz CT molecular complexity index is 2220. The molecule has 0 saturated heterocycles. The van der Waals surface area contributed by atoms with E-state index in [9.17, 15) is 149 Å². The van der Waals surface area contributed by atoms with Gasteiger partial charge in [-0.15, -0.1) is 0 Å². The molecular formula is C41H30Br2F34. The molecule has 0 aliphatic heterocycles. The van der Waals surface area contributed by atoms with Crippen molar-refractivity contribution in [2.24, 2.45) is 0 Å². The Labute approximate surface area is 425 Å². The molecule has 0 atom stereocenters. The van der Waals surface area contributed by atoms with Gasteiger partial charge >= 0.3 is 95.3 Å². The van der Waals surface area contributed by atoms with E-state index in [2.05, 4.69) is 31.9 Å². The Hall–Kier alpha value is -2.98. The SMILES string of the molecule is FC(F)(F)C(F)(F)C(F)(F)C(F)(F)C(F)(F)C(F)(F)C(F)(F)C(F)(F)CCCCCCC1(CCCCCCC(F)(F)C(F)(F)C(F)(F)C(F)(F)C(F)(F)C(F)(F)C(F)(F)C(F)(F)F)c2cc(Br)ccc2-c2ccc(Br)cc21. The molecule has 1 aliphatic rings. The van der Waals surface area contributed by atoms with Gasteiger partial charge in [-0.25, -0.2) is 0 Å². The summed E-state index contributed by atoms with van der Waals surface area (Å²) in [6.45, 7) is 0. The highest BCUT2D eigenvalue weighted by Gasteiger charge is 2.97. The van der Waals surface area contributed by atoms with Crippen LogP contribution < -0.4 is 0 Å². The van der Waals surface area contributed by atoms with Crippen LogP contribution in [0.5, 0.6) is 0 Å². The summed E-state index contributed by atoms with van der Waals surface area (Å²) in [5.41, 5.74) is 0.167. The van der Waals surface area contributed by atoms with E-state index in [-0.39, 0.29) is 25.7 Å².